The molecule has 0 aliphatic carbocycles. The Labute approximate surface area is 115 Å². The monoisotopic (exact) mass is 262 g/mol. The van der Waals surface area contributed by atoms with Crippen LogP contribution < -0.4 is 4.74 Å². The fraction of sp³-hybridized carbons (Fsp3) is 0.438. The minimum Gasteiger partial charge on any atom is -0.494 e. The highest BCUT2D eigenvalue weighted by Gasteiger charge is 2.01. The van der Waals surface area contributed by atoms with Crippen molar-refractivity contribution in [3.05, 3.63) is 35.9 Å². The number of benzene rings is 1. The Balaban J connectivity index is 2.62. The van der Waals surface area contributed by atoms with Crippen molar-refractivity contribution < 1.29 is 14.3 Å². The standard InChI is InChI=1S/C16H22O3/c1-4-6-11-19-15-9-7-14(8-10-15)13(3)12-16(17)18-5-2/h7-10,12H,4-6,11H2,1-3H3. The van der Waals surface area contributed by atoms with Crippen molar-refractivity contribution in [1.29, 1.82) is 0 Å². The lowest BCUT2D eigenvalue weighted by Gasteiger charge is -2.07. The molecule has 3 nitrogen and oxygen atoms in total. The summed E-state index contributed by atoms with van der Waals surface area (Å²) in [5.41, 5.74) is 1.88. The summed E-state index contributed by atoms with van der Waals surface area (Å²) >= 11 is 0. The van der Waals surface area contributed by atoms with Crippen molar-refractivity contribution in [3.8, 4) is 5.75 Å². The smallest absolute Gasteiger partial charge is 0.331 e. The first kappa shape index (κ1) is 15.3. The van der Waals surface area contributed by atoms with Crippen LogP contribution in [0.4, 0.5) is 0 Å². The van der Waals surface area contributed by atoms with Gasteiger partial charge in [-0.3, -0.25) is 0 Å². The number of hydrogen-bond donors (Lipinski definition) is 0. The highest BCUT2D eigenvalue weighted by molar-refractivity contribution is 5.90. The first-order valence-electron chi connectivity index (χ1n) is 6.75. The Morgan fingerprint density at radius 2 is 1.89 bits per heavy atom. The van der Waals surface area contributed by atoms with Gasteiger partial charge in [0.2, 0.25) is 0 Å². The SMILES string of the molecule is CCCCOc1ccc(C(C)=CC(=O)OCC)cc1. The molecule has 0 unspecified atom stereocenters. The number of carbonyl (C=O) groups excluding carboxylic acids is 1. The summed E-state index contributed by atoms with van der Waals surface area (Å²) in [7, 11) is 0. The summed E-state index contributed by atoms with van der Waals surface area (Å²) in [6, 6.07) is 7.75. The molecule has 0 amide bonds. The van der Waals surface area contributed by atoms with E-state index in [1.54, 1.807) is 6.92 Å². The van der Waals surface area contributed by atoms with Crippen molar-refractivity contribution in [2.75, 3.05) is 13.2 Å². The molecule has 19 heavy (non-hydrogen) atoms. The molecule has 104 valence electrons. The Bertz CT molecular complexity index is 418. The zero-order chi connectivity index (χ0) is 14.1. The minimum atomic E-state index is -0.303. The number of allylic oxidation sites excluding steroid dienone is 1. The molecule has 0 bridgehead atoms. The van der Waals surface area contributed by atoms with Crippen molar-refractivity contribution in [2.45, 2.75) is 33.6 Å². The van der Waals surface area contributed by atoms with Crippen LogP contribution in [0.5, 0.6) is 5.75 Å². The fourth-order valence-electron chi connectivity index (χ4n) is 1.59. The zero-order valence-electron chi connectivity index (χ0n) is 11.9. The molecule has 0 aromatic heterocycles. The van der Waals surface area contributed by atoms with Gasteiger partial charge in [-0.25, -0.2) is 4.79 Å². The Kier molecular flexibility index (Phi) is 6.72. The van der Waals surface area contributed by atoms with Gasteiger partial charge in [0, 0.05) is 6.08 Å². The third-order valence-corrected chi connectivity index (χ3v) is 2.70. The zero-order valence-corrected chi connectivity index (χ0v) is 11.9. The van der Waals surface area contributed by atoms with E-state index in [-0.39, 0.29) is 5.97 Å². The van der Waals surface area contributed by atoms with Crippen molar-refractivity contribution in [1.82, 2.24) is 0 Å². The predicted molar refractivity (Wildman–Crippen MR) is 77.1 cm³/mol. The quantitative estimate of drug-likeness (QED) is 0.425. The maximum Gasteiger partial charge on any atom is 0.331 e. The molecule has 0 saturated heterocycles. The third kappa shape index (κ3) is 5.60. The van der Waals surface area contributed by atoms with E-state index in [1.165, 1.54) is 6.08 Å². The molecule has 0 atom stereocenters. The van der Waals surface area contributed by atoms with Crippen LogP contribution in [0.3, 0.4) is 0 Å². The van der Waals surface area contributed by atoms with E-state index in [9.17, 15) is 4.79 Å². The first-order chi connectivity index (χ1) is 9.17. The largest absolute Gasteiger partial charge is 0.494 e. The molecule has 0 N–H and O–H groups in total. The minimum absolute atomic E-state index is 0.303. The van der Waals surface area contributed by atoms with E-state index in [0.717, 1.165) is 36.3 Å². The molecule has 0 aliphatic heterocycles. The summed E-state index contributed by atoms with van der Waals surface area (Å²) in [4.78, 5) is 11.3. The van der Waals surface area contributed by atoms with Crippen LogP contribution in [0.15, 0.2) is 30.3 Å². The number of hydrogen-bond acceptors (Lipinski definition) is 3. The summed E-state index contributed by atoms with van der Waals surface area (Å²) < 4.78 is 10.5. The molecule has 1 rings (SSSR count). The molecule has 0 aliphatic rings. The Morgan fingerprint density at radius 1 is 1.21 bits per heavy atom. The topological polar surface area (TPSA) is 35.5 Å². The van der Waals surface area contributed by atoms with Gasteiger partial charge in [0.15, 0.2) is 0 Å². The van der Waals surface area contributed by atoms with Gasteiger partial charge in [-0.15, -0.1) is 0 Å². The number of esters is 1. The normalized spacial score (nSPS) is 11.2. The maximum absolute atomic E-state index is 11.3. The molecule has 0 spiro atoms. The van der Waals surface area contributed by atoms with Crippen molar-refractivity contribution in [3.63, 3.8) is 0 Å². The fourth-order valence-corrected chi connectivity index (χ4v) is 1.59. The lowest BCUT2D eigenvalue weighted by atomic mass is 10.1. The second-order valence-corrected chi connectivity index (χ2v) is 4.31. The van der Waals surface area contributed by atoms with Gasteiger partial charge in [0.05, 0.1) is 13.2 Å². The van der Waals surface area contributed by atoms with E-state index in [1.807, 2.05) is 31.2 Å². The van der Waals surface area contributed by atoms with Gasteiger partial charge >= 0.3 is 5.97 Å². The van der Waals surface area contributed by atoms with E-state index in [2.05, 4.69) is 6.92 Å². The highest BCUT2D eigenvalue weighted by atomic mass is 16.5. The van der Waals surface area contributed by atoms with Crippen molar-refractivity contribution in [2.24, 2.45) is 0 Å². The molecule has 1 aromatic carbocycles. The average Bonchev–Trinajstić information content (AvgIpc) is 2.40. The third-order valence-electron chi connectivity index (χ3n) is 2.70. The van der Waals surface area contributed by atoms with Gasteiger partial charge in [0.25, 0.3) is 0 Å². The summed E-state index contributed by atoms with van der Waals surface area (Å²) in [6.45, 7) is 6.96. The molecule has 3 heteroatoms. The van der Waals surface area contributed by atoms with E-state index >= 15 is 0 Å². The van der Waals surface area contributed by atoms with Gasteiger partial charge in [-0.05, 0) is 43.5 Å². The first-order valence-corrected chi connectivity index (χ1v) is 6.75. The summed E-state index contributed by atoms with van der Waals surface area (Å²) in [5.74, 6) is 0.560. The predicted octanol–water partition coefficient (Wildman–Crippen LogP) is 3.83. The second kappa shape index (κ2) is 8.35. The lowest BCUT2D eigenvalue weighted by molar-refractivity contribution is -0.137. The van der Waals surface area contributed by atoms with Crippen LogP contribution in [-0.2, 0) is 9.53 Å². The number of rotatable bonds is 7. The molecule has 0 heterocycles. The lowest BCUT2D eigenvalue weighted by Crippen LogP contribution is -2.00. The second-order valence-electron chi connectivity index (χ2n) is 4.31. The van der Waals surface area contributed by atoms with Gasteiger partial charge in [-0.1, -0.05) is 25.5 Å². The Hall–Kier alpha value is -1.77. The van der Waals surface area contributed by atoms with Crippen molar-refractivity contribution >= 4 is 11.5 Å². The van der Waals surface area contributed by atoms with Crippen LogP contribution in [0.1, 0.15) is 39.2 Å². The summed E-state index contributed by atoms with van der Waals surface area (Å²) in [6.07, 6.45) is 3.69. The van der Waals surface area contributed by atoms with Gasteiger partial charge in [-0.2, -0.15) is 0 Å². The van der Waals surface area contributed by atoms with Crippen LogP contribution >= 0.6 is 0 Å². The Morgan fingerprint density at radius 3 is 2.47 bits per heavy atom. The summed E-state index contributed by atoms with van der Waals surface area (Å²) in [5, 5.41) is 0. The molecule has 1 aromatic rings. The molecule has 0 fully saturated rings. The maximum atomic E-state index is 11.3. The van der Waals surface area contributed by atoms with Gasteiger partial charge < -0.3 is 9.47 Å². The number of ether oxygens (including phenoxy) is 2. The molecular weight excluding hydrogens is 240 g/mol. The molecule has 0 radical (unpaired) electrons. The van der Waals surface area contributed by atoms with Crippen LogP contribution in [-0.4, -0.2) is 19.2 Å². The van der Waals surface area contributed by atoms with E-state index < -0.39 is 0 Å². The number of carbonyl (C=O) groups is 1. The van der Waals surface area contributed by atoms with E-state index in [4.69, 9.17) is 9.47 Å². The average molecular weight is 262 g/mol. The van der Waals surface area contributed by atoms with Gasteiger partial charge in [0.1, 0.15) is 5.75 Å². The van der Waals surface area contributed by atoms with Crippen LogP contribution in [0, 0.1) is 0 Å². The number of unbranched alkanes of at least 4 members (excludes halogenated alkanes) is 1. The molecule has 0 saturated carbocycles. The molecular formula is C16H22O3. The van der Waals surface area contributed by atoms with Crippen LogP contribution in [0.25, 0.3) is 5.57 Å². The van der Waals surface area contributed by atoms with E-state index in [0.29, 0.717) is 6.61 Å². The van der Waals surface area contributed by atoms with Crippen LogP contribution in [0.2, 0.25) is 0 Å². The highest BCUT2D eigenvalue weighted by Crippen LogP contribution is 2.18.